The molecule has 16 heavy (non-hydrogen) atoms. The van der Waals surface area contributed by atoms with Gasteiger partial charge in [-0.2, -0.15) is 0 Å². The second-order valence-electron chi connectivity index (χ2n) is 3.55. The molecule has 1 rings (SSSR count). The van der Waals surface area contributed by atoms with E-state index >= 15 is 0 Å². The van der Waals surface area contributed by atoms with Crippen LogP contribution in [0, 0.1) is 0 Å². The van der Waals surface area contributed by atoms with Crippen LogP contribution in [-0.2, 0) is 13.1 Å². The van der Waals surface area contributed by atoms with Crippen LogP contribution in [0.5, 0.6) is 0 Å². The zero-order chi connectivity index (χ0) is 11.6. The maximum Gasteiger partial charge on any atom is 0.0545 e. The molecule has 0 aliphatic rings. The normalized spacial score (nSPS) is 10.6. The first-order chi connectivity index (χ1) is 7.86. The molecule has 0 bridgehead atoms. The molecule has 0 aromatic carbocycles. The van der Waals surface area contributed by atoms with Gasteiger partial charge in [0.25, 0.3) is 0 Å². The molecule has 1 aromatic rings. The minimum Gasteiger partial charge on any atom is -0.329 e. The minimum absolute atomic E-state index is 0.651. The van der Waals surface area contributed by atoms with Gasteiger partial charge in [0.05, 0.1) is 11.4 Å². The molecular formula is C11H21N5. The standard InChI is InChI=1S/C11H21N5/c12-4-6-14-8-10-2-1-3-11(16-10)9-15-7-5-13/h1-3,14-15H,4-9,12-13H2. The van der Waals surface area contributed by atoms with E-state index in [0.29, 0.717) is 13.1 Å². The lowest BCUT2D eigenvalue weighted by atomic mass is 10.3. The summed E-state index contributed by atoms with van der Waals surface area (Å²) in [5, 5.41) is 6.44. The third-order valence-electron chi connectivity index (χ3n) is 2.12. The highest BCUT2D eigenvalue weighted by molar-refractivity contribution is 5.11. The maximum absolute atomic E-state index is 5.40. The van der Waals surface area contributed by atoms with Crippen molar-refractivity contribution in [1.29, 1.82) is 0 Å². The van der Waals surface area contributed by atoms with E-state index in [1.54, 1.807) is 0 Å². The van der Waals surface area contributed by atoms with Gasteiger partial charge in [-0.05, 0) is 12.1 Å². The third-order valence-corrected chi connectivity index (χ3v) is 2.12. The summed E-state index contributed by atoms with van der Waals surface area (Å²) in [6.07, 6.45) is 0. The first-order valence-electron chi connectivity index (χ1n) is 5.63. The van der Waals surface area contributed by atoms with Crippen molar-refractivity contribution in [2.75, 3.05) is 26.2 Å². The van der Waals surface area contributed by atoms with Gasteiger partial charge in [-0.15, -0.1) is 0 Å². The van der Waals surface area contributed by atoms with Crippen molar-refractivity contribution in [2.24, 2.45) is 11.5 Å². The summed E-state index contributed by atoms with van der Waals surface area (Å²) in [6, 6.07) is 6.04. The van der Waals surface area contributed by atoms with E-state index in [2.05, 4.69) is 15.6 Å². The van der Waals surface area contributed by atoms with Gasteiger partial charge >= 0.3 is 0 Å². The van der Waals surface area contributed by atoms with Crippen molar-refractivity contribution < 1.29 is 0 Å². The molecule has 0 saturated carbocycles. The number of aromatic nitrogens is 1. The van der Waals surface area contributed by atoms with Crippen LogP contribution in [0.1, 0.15) is 11.4 Å². The highest BCUT2D eigenvalue weighted by Crippen LogP contribution is 1.98. The van der Waals surface area contributed by atoms with Crippen LogP contribution in [0.2, 0.25) is 0 Å². The van der Waals surface area contributed by atoms with Crippen LogP contribution in [0.3, 0.4) is 0 Å². The monoisotopic (exact) mass is 223 g/mol. The van der Waals surface area contributed by atoms with Crippen molar-refractivity contribution in [3.05, 3.63) is 29.6 Å². The molecule has 0 atom stereocenters. The predicted octanol–water partition coefficient (Wildman–Crippen LogP) is -0.822. The average Bonchev–Trinajstić information content (AvgIpc) is 2.30. The second kappa shape index (κ2) is 8.18. The Morgan fingerprint density at radius 2 is 1.44 bits per heavy atom. The van der Waals surface area contributed by atoms with E-state index in [4.69, 9.17) is 11.5 Å². The number of pyridine rings is 1. The van der Waals surface area contributed by atoms with Crippen LogP contribution in [0.4, 0.5) is 0 Å². The molecule has 0 spiro atoms. The molecule has 5 nitrogen and oxygen atoms in total. The molecule has 0 aliphatic heterocycles. The van der Waals surface area contributed by atoms with E-state index < -0.39 is 0 Å². The Balaban J connectivity index is 2.37. The first-order valence-corrected chi connectivity index (χ1v) is 5.63. The van der Waals surface area contributed by atoms with Gasteiger partial charge < -0.3 is 22.1 Å². The topological polar surface area (TPSA) is 89.0 Å². The number of rotatable bonds is 8. The Kier molecular flexibility index (Phi) is 6.67. The lowest BCUT2D eigenvalue weighted by Crippen LogP contribution is -2.24. The number of nitrogens with zero attached hydrogens (tertiary/aromatic N) is 1. The number of hydrogen-bond donors (Lipinski definition) is 4. The van der Waals surface area contributed by atoms with E-state index in [0.717, 1.165) is 37.6 Å². The largest absolute Gasteiger partial charge is 0.329 e. The molecule has 0 aliphatic carbocycles. The Hall–Kier alpha value is -1.01. The summed E-state index contributed by atoms with van der Waals surface area (Å²) in [7, 11) is 0. The first kappa shape index (κ1) is 13.1. The smallest absolute Gasteiger partial charge is 0.0545 e. The van der Waals surface area contributed by atoms with Gasteiger partial charge in [-0.3, -0.25) is 4.98 Å². The molecule has 0 unspecified atom stereocenters. The molecule has 90 valence electrons. The quantitative estimate of drug-likeness (QED) is 0.432. The fourth-order valence-corrected chi connectivity index (χ4v) is 1.36. The highest BCUT2D eigenvalue weighted by Gasteiger charge is 1.97. The Morgan fingerprint density at radius 1 is 0.938 bits per heavy atom. The van der Waals surface area contributed by atoms with Gasteiger partial charge in [0, 0.05) is 39.3 Å². The molecule has 0 fully saturated rings. The summed E-state index contributed by atoms with van der Waals surface area (Å²) < 4.78 is 0. The number of nitrogens with two attached hydrogens (primary N) is 2. The van der Waals surface area contributed by atoms with E-state index in [-0.39, 0.29) is 0 Å². The molecular weight excluding hydrogens is 202 g/mol. The molecule has 0 amide bonds. The van der Waals surface area contributed by atoms with Crippen molar-refractivity contribution in [3.63, 3.8) is 0 Å². The van der Waals surface area contributed by atoms with Gasteiger partial charge in [-0.1, -0.05) is 6.07 Å². The van der Waals surface area contributed by atoms with Gasteiger partial charge in [0.15, 0.2) is 0 Å². The molecule has 1 aromatic heterocycles. The predicted molar refractivity (Wildman–Crippen MR) is 65.8 cm³/mol. The summed E-state index contributed by atoms with van der Waals surface area (Å²) >= 11 is 0. The molecule has 1 heterocycles. The van der Waals surface area contributed by atoms with E-state index in [1.165, 1.54) is 0 Å². The van der Waals surface area contributed by atoms with Crippen LogP contribution >= 0.6 is 0 Å². The van der Waals surface area contributed by atoms with E-state index in [9.17, 15) is 0 Å². The molecule has 0 radical (unpaired) electrons. The fraction of sp³-hybridized carbons (Fsp3) is 0.545. The summed E-state index contributed by atoms with van der Waals surface area (Å²) in [4.78, 5) is 4.51. The Bertz CT molecular complexity index is 264. The minimum atomic E-state index is 0.651. The van der Waals surface area contributed by atoms with Gasteiger partial charge in [-0.25, -0.2) is 0 Å². The Morgan fingerprint density at radius 3 is 1.88 bits per heavy atom. The van der Waals surface area contributed by atoms with Crippen molar-refractivity contribution in [2.45, 2.75) is 13.1 Å². The van der Waals surface area contributed by atoms with Gasteiger partial charge in [0.1, 0.15) is 0 Å². The summed E-state index contributed by atoms with van der Waals surface area (Å²) in [5.74, 6) is 0. The summed E-state index contributed by atoms with van der Waals surface area (Å²) in [6.45, 7) is 4.47. The molecule has 5 heteroatoms. The van der Waals surface area contributed by atoms with E-state index in [1.807, 2.05) is 18.2 Å². The lowest BCUT2D eigenvalue weighted by molar-refractivity contribution is 0.659. The van der Waals surface area contributed by atoms with Crippen LogP contribution < -0.4 is 22.1 Å². The van der Waals surface area contributed by atoms with Crippen LogP contribution in [-0.4, -0.2) is 31.2 Å². The SMILES string of the molecule is NCCNCc1cccc(CNCCN)n1. The van der Waals surface area contributed by atoms with Crippen LogP contribution in [0.25, 0.3) is 0 Å². The van der Waals surface area contributed by atoms with Crippen LogP contribution in [0.15, 0.2) is 18.2 Å². The second-order valence-corrected chi connectivity index (χ2v) is 3.55. The zero-order valence-electron chi connectivity index (χ0n) is 9.58. The Labute approximate surface area is 96.6 Å². The maximum atomic E-state index is 5.40. The zero-order valence-corrected chi connectivity index (χ0v) is 9.58. The molecule has 0 saturated heterocycles. The average molecular weight is 223 g/mol. The fourth-order valence-electron chi connectivity index (χ4n) is 1.36. The van der Waals surface area contributed by atoms with Crippen molar-refractivity contribution in [3.8, 4) is 0 Å². The number of hydrogen-bond acceptors (Lipinski definition) is 5. The van der Waals surface area contributed by atoms with Crippen molar-refractivity contribution in [1.82, 2.24) is 15.6 Å². The molecule has 6 N–H and O–H groups in total. The highest BCUT2D eigenvalue weighted by atomic mass is 14.9. The number of nitrogens with one attached hydrogen (secondary N) is 2. The summed E-state index contributed by atoms with van der Waals surface area (Å²) in [5.41, 5.74) is 12.9. The third kappa shape index (κ3) is 5.18. The van der Waals surface area contributed by atoms with Gasteiger partial charge in [0.2, 0.25) is 0 Å². The van der Waals surface area contributed by atoms with Crippen molar-refractivity contribution >= 4 is 0 Å². The lowest BCUT2D eigenvalue weighted by Gasteiger charge is -2.06.